The van der Waals surface area contributed by atoms with Crippen molar-refractivity contribution in [1.29, 1.82) is 0 Å². The van der Waals surface area contributed by atoms with Crippen molar-refractivity contribution in [2.45, 2.75) is 6.42 Å². The van der Waals surface area contributed by atoms with Gasteiger partial charge in [-0.1, -0.05) is 6.07 Å². The Bertz CT molecular complexity index is 560. The number of pyridine rings is 1. The van der Waals surface area contributed by atoms with Crippen molar-refractivity contribution in [2.24, 2.45) is 11.7 Å². The van der Waals surface area contributed by atoms with Gasteiger partial charge in [0.2, 0.25) is 5.91 Å². The van der Waals surface area contributed by atoms with Gasteiger partial charge in [0.1, 0.15) is 11.5 Å². The fourth-order valence-corrected chi connectivity index (χ4v) is 2.05. The standard InChI is InChI=1S/C11H12N4O/c12-6-7-5-8-10(14-11(7)16)15-4-2-1-3-9(15)13-8/h1-4,7H,5-6,12H2,(H,14,16). The number of fused-ring (bicyclic) bond motifs is 3. The van der Waals surface area contributed by atoms with Gasteiger partial charge in [0.05, 0.1) is 11.6 Å². The second-order valence-electron chi connectivity index (χ2n) is 3.96. The lowest BCUT2D eigenvalue weighted by Gasteiger charge is -2.19. The molecular weight excluding hydrogens is 204 g/mol. The Balaban J connectivity index is 2.16. The largest absolute Gasteiger partial charge is 0.330 e. The Hall–Kier alpha value is -1.88. The number of hydrogen-bond donors (Lipinski definition) is 2. The number of aromatic nitrogens is 2. The Kier molecular flexibility index (Phi) is 1.94. The van der Waals surface area contributed by atoms with Crippen molar-refractivity contribution in [1.82, 2.24) is 9.38 Å². The van der Waals surface area contributed by atoms with Crippen molar-refractivity contribution in [2.75, 3.05) is 11.9 Å². The first-order chi connectivity index (χ1) is 7.79. The van der Waals surface area contributed by atoms with E-state index in [1.165, 1.54) is 0 Å². The predicted octanol–water partition coefficient (Wildman–Crippen LogP) is 0.404. The highest BCUT2D eigenvalue weighted by atomic mass is 16.2. The van der Waals surface area contributed by atoms with E-state index in [1.54, 1.807) is 0 Å². The van der Waals surface area contributed by atoms with Gasteiger partial charge in [-0.25, -0.2) is 4.98 Å². The number of carbonyl (C=O) groups is 1. The summed E-state index contributed by atoms with van der Waals surface area (Å²) in [7, 11) is 0. The van der Waals surface area contributed by atoms with Crippen LogP contribution in [0, 0.1) is 5.92 Å². The van der Waals surface area contributed by atoms with Gasteiger partial charge in [-0.2, -0.15) is 0 Å². The quantitative estimate of drug-likeness (QED) is 0.725. The normalized spacial score (nSPS) is 19.6. The number of anilines is 1. The molecule has 0 aromatic carbocycles. The first-order valence-corrected chi connectivity index (χ1v) is 5.26. The molecule has 1 amide bonds. The lowest BCUT2D eigenvalue weighted by atomic mass is 9.99. The number of nitrogens with two attached hydrogens (primary N) is 1. The zero-order valence-electron chi connectivity index (χ0n) is 8.68. The highest BCUT2D eigenvalue weighted by Gasteiger charge is 2.28. The summed E-state index contributed by atoms with van der Waals surface area (Å²) in [6, 6.07) is 5.76. The summed E-state index contributed by atoms with van der Waals surface area (Å²) >= 11 is 0. The number of hydrogen-bond acceptors (Lipinski definition) is 3. The number of nitrogens with zero attached hydrogens (tertiary/aromatic N) is 2. The van der Waals surface area contributed by atoms with Crippen LogP contribution in [-0.2, 0) is 11.2 Å². The molecule has 0 radical (unpaired) electrons. The number of amides is 1. The number of nitrogens with one attached hydrogen (secondary N) is 1. The van der Waals surface area contributed by atoms with E-state index in [-0.39, 0.29) is 11.8 Å². The minimum atomic E-state index is -0.155. The molecule has 5 heteroatoms. The first-order valence-electron chi connectivity index (χ1n) is 5.26. The summed E-state index contributed by atoms with van der Waals surface area (Å²) in [5.41, 5.74) is 7.32. The molecule has 0 saturated heterocycles. The van der Waals surface area contributed by atoms with Gasteiger partial charge in [-0.15, -0.1) is 0 Å². The molecule has 82 valence electrons. The third-order valence-corrected chi connectivity index (χ3v) is 2.94. The third-order valence-electron chi connectivity index (χ3n) is 2.94. The Labute approximate surface area is 92.3 Å². The minimum Gasteiger partial charge on any atom is -0.330 e. The zero-order chi connectivity index (χ0) is 11.1. The van der Waals surface area contributed by atoms with E-state index in [1.807, 2.05) is 28.8 Å². The van der Waals surface area contributed by atoms with Crippen molar-refractivity contribution in [3.8, 4) is 0 Å². The molecule has 5 nitrogen and oxygen atoms in total. The molecule has 0 bridgehead atoms. The van der Waals surface area contributed by atoms with Gasteiger partial charge in [0, 0.05) is 19.2 Å². The summed E-state index contributed by atoms with van der Waals surface area (Å²) < 4.78 is 1.89. The van der Waals surface area contributed by atoms with Gasteiger partial charge in [-0.3, -0.25) is 9.20 Å². The van der Waals surface area contributed by atoms with Crippen LogP contribution < -0.4 is 11.1 Å². The SMILES string of the molecule is NCC1Cc2nc3ccccn3c2NC1=O. The lowest BCUT2D eigenvalue weighted by molar-refractivity contribution is -0.119. The fraction of sp³-hybridized carbons (Fsp3) is 0.273. The maximum atomic E-state index is 11.7. The number of rotatable bonds is 1. The molecule has 3 N–H and O–H groups in total. The van der Waals surface area contributed by atoms with Crippen LogP contribution in [0.2, 0.25) is 0 Å². The smallest absolute Gasteiger partial charge is 0.230 e. The number of carbonyl (C=O) groups excluding carboxylic acids is 1. The van der Waals surface area contributed by atoms with Crippen molar-refractivity contribution >= 4 is 17.4 Å². The molecule has 0 spiro atoms. The summed E-state index contributed by atoms with van der Waals surface area (Å²) in [6.07, 6.45) is 2.52. The molecule has 0 fully saturated rings. The molecule has 3 rings (SSSR count). The molecule has 2 aromatic rings. The summed E-state index contributed by atoms with van der Waals surface area (Å²) in [4.78, 5) is 16.2. The van der Waals surface area contributed by atoms with E-state index in [4.69, 9.17) is 5.73 Å². The molecule has 3 heterocycles. The monoisotopic (exact) mass is 216 g/mol. The molecule has 0 aliphatic carbocycles. The van der Waals surface area contributed by atoms with Gasteiger partial charge in [0.25, 0.3) is 0 Å². The van der Waals surface area contributed by atoms with E-state index >= 15 is 0 Å². The molecule has 2 aromatic heterocycles. The van der Waals surface area contributed by atoms with Crippen LogP contribution in [0.5, 0.6) is 0 Å². The highest BCUT2D eigenvalue weighted by Crippen LogP contribution is 2.25. The second-order valence-corrected chi connectivity index (χ2v) is 3.96. The number of imidazole rings is 1. The summed E-state index contributed by atoms with van der Waals surface area (Å²) in [5.74, 6) is 0.614. The van der Waals surface area contributed by atoms with Gasteiger partial charge >= 0.3 is 0 Å². The molecular formula is C11H12N4O. The third kappa shape index (κ3) is 1.22. The molecule has 16 heavy (non-hydrogen) atoms. The Morgan fingerprint density at radius 3 is 3.25 bits per heavy atom. The second kappa shape index (κ2) is 3.31. The average molecular weight is 216 g/mol. The van der Waals surface area contributed by atoms with Gasteiger partial charge < -0.3 is 11.1 Å². The topological polar surface area (TPSA) is 72.4 Å². The van der Waals surface area contributed by atoms with E-state index in [9.17, 15) is 4.79 Å². The lowest BCUT2D eigenvalue weighted by Crippen LogP contribution is -2.35. The van der Waals surface area contributed by atoms with Crippen molar-refractivity contribution in [3.63, 3.8) is 0 Å². The molecule has 1 atom stereocenters. The van der Waals surface area contributed by atoms with E-state index in [2.05, 4.69) is 10.3 Å². The fourth-order valence-electron chi connectivity index (χ4n) is 2.05. The maximum Gasteiger partial charge on any atom is 0.230 e. The van der Waals surface area contributed by atoms with Crippen LogP contribution in [0.15, 0.2) is 24.4 Å². The van der Waals surface area contributed by atoms with Gasteiger partial charge in [0.15, 0.2) is 0 Å². The van der Waals surface area contributed by atoms with Crippen LogP contribution in [-0.4, -0.2) is 21.8 Å². The molecule has 1 aliphatic rings. The molecule has 1 unspecified atom stereocenters. The first kappa shape index (κ1) is 9.35. The van der Waals surface area contributed by atoms with E-state index < -0.39 is 0 Å². The van der Waals surface area contributed by atoms with Crippen LogP contribution >= 0.6 is 0 Å². The van der Waals surface area contributed by atoms with Gasteiger partial charge in [-0.05, 0) is 12.1 Å². The van der Waals surface area contributed by atoms with Crippen LogP contribution in [0.1, 0.15) is 5.69 Å². The van der Waals surface area contributed by atoms with Crippen LogP contribution in [0.3, 0.4) is 0 Å². The minimum absolute atomic E-state index is 0.0133. The zero-order valence-corrected chi connectivity index (χ0v) is 8.68. The Morgan fingerprint density at radius 1 is 1.56 bits per heavy atom. The highest BCUT2D eigenvalue weighted by molar-refractivity contribution is 5.95. The van der Waals surface area contributed by atoms with Crippen LogP contribution in [0.25, 0.3) is 5.65 Å². The van der Waals surface area contributed by atoms with Crippen LogP contribution in [0.4, 0.5) is 5.82 Å². The van der Waals surface area contributed by atoms with E-state index in [0.29, 0.717) is 13.0 Å². The molecule has 1 aliphatic heterocycles. The summed E-state index contributed by atoms with van der Waals surface area (Å²) in [5, 5.41) is 2.87. The van der Waals surface area contributed by atoms with Crippen molar-refractivity contribution < 1.29 is 4.79 Å². The summed E-state index contributed by atoms with van der Waals surface area (Å²) in [6.45, 7) is 0.360. The van der Waals surface area contributed by atoms with E-state index in [0.717, 1.165) is 17.2 Å². The molecule has 0 saturated carbocycles. The van der Waals surface area contributed by atoms with Crippen molar-refractivity contribution in [3.05, 3.63) is 30.1 Å². The predicted molar refractivity (Wildman–Crippen MR) is 60.1 cm³/mol. The Morgan fingerprint density at radius 2 is 2.44 bits per heavy atom. The maximum absolute atomic E-state index is 11.7. The average Bonchev–Trinajstić information content (AvgIpc) is 2.66.